The molecule has 0 fully saturated rings. The summed E-state index contributed by atoms with van der Waals surface area (Å²) >= 11 is 0. The number of hydrogen-bond acceptors (Lipinski definition) is 3. The Morgan fingerprint density at radius 3 is 1.96 bits per heavy atom. The van der Waals surface area contributed by atoms with Crippen LogP contribution in [0.2, 0.25) is 0 Å². The second-order valence-corrected chi connectivity index (χ2v) is 6.54. The van der Waals surface area contributed by atoms with E-state index in [0.29, 0.717) is 11.4 Å². The van der Waals surface area contributed by atoms with Crippen molar-refractivity contribution in [2.24, 2.45) is 5.92 Å². The lowest BCUT2D eigenvalue weighted by atomic mass is 10.0. The maximum absolute atomic E-state index is 13.8. The molecule has 0 aliphatic carbocycles. The predicted octanol–water partition coefficient (Wildman–Crippen LogP) is 3.32. The molecule has 3 amide bonds. The molecule has 2 aromatic carbocycles. The van der Waals surface area contributed by atoms with Gasteiger partial charge in [0.25, 0.3) is 5.91 Å². The van der Waals surface area contributed by atoms with Gasteiger partial charge in [0, 0.05) is 18.3 Å². The zero-order valence-corrected chi connectivity index (χ0v) is 15.7. The summed E-state index contributed by atoms with van der Waals surface area (Å²) in [5.74, 6) is -4.21. The van der Waals surface area contributed by atoms with E-state index in [1.54, 1.807) is 38.1 Å². The van der Waals surface area contributed by atoms with Crippen molar-refractivity contribution in [2.75, 3.05) is 10.6 Å². The van der Waals surface area contributed by atoms with Gasteiger partial charge in [-0.05, 0) is 36.2 Å². The minimum Gasteiger partial charge on any atom is -0.340 e. The second kappa shape index (κ2) is 9.07. The highest BCUT2D eigenvalue weighted by Crippen LogP contribution is 2.17. The zero-order chi connectivity index (χ0) is 20.8. The normalized spacial score (nSPS) is 11.6. The Balaban J connectivity index is 2.16. The van der Waals surface area contributed by atoms with Crippen LogP contribution in [0.15, 0.2) is 42.5 Å². The number of nitrogens with one attached hydrogen (secondary N) is 3. The SMILES string of the molecule is CC(=O)Nc1cccc(NC(=O)C(NC(=O)c2c(F)cccc2F)C(C)C)c1. The van der Waals surface area contributed by atoms with Crippen LogP contribution in [0.25, 0.3) is 0 Å². The topological polar surface area (TPSA) is 87.3 Å². The number of amides is 3. The highest BCUT2D eigenvalue weighted by molar-refractivity contribution is 6.02. The van der Waals surface area contributed by atoms with E-state index in [2.05, 4.69) is 16.0 Å². The van der Waals surface area contributed by atoms with E-state index in [0.717, 1.165) is 18.2 Å². The van der Waals surface area contributed by atoms with Crippen LogP contribution in [-0.4, -0.2) is 23.8 Å². The Morgan fingerprint density at radius 1 is 0.893 bits per heavy atom. The highest BCUT2D eigenvalue weighted by atomic mass is 19.1. The molecule has 2 aromatic rings. The number of benzene rings is 2. The molecule has 0 aliphatic rings. The molecule has 1 atom stereocenters. The third-order valence-corrected chi connectivity index (χ3v) is 3.88. The molecule has 8 heteroatoms. The first kappa shape index (κ1) is 21.0. The summed E-state index contributed by atoms with van der Waals surface area (Å²) in [5.41, 5.74) is 0.144. The summed E-state index contributed by atoms with van der Waals surface area (Å²) in [4.78, 5) is 36.1. The smallest absolute Gasteiger partial charge is 0.257 e. The average Bonchev–Trinajstić information content (AvgIpc) is 2.58. The highest BCUT2D eigenvalue weighted by Gasteiger charge is 2.27. The summed E-state index contributed by atoms with van der Waals surface area (Å²) in [6.45, 7) is 4.74. The molecule has 148 valence electrons. The van der Waals surface area contributed by atoms with Gasteiger partial charge in [0.2, 0.25) is 11.8 Å². The number of carbonyl (C=O) groups is 3. The van der Waals surface area contributed by atoms with Crippen molar-refractivity contribution in [2.45, 2.75) is 26.8 Å². The van der Waals surface area contributed by atoms with Crippen LogP contribution < -0.4 is 16.0 Å². The monoisotopic (exact) mass is 389 g/mol. The number of carbonyl (C=O) groups excluding carboxylic acids is 3. The van der Waals surface area contributed by atoms with Crippen molar-refractivity contribution in [1.29, 1.82) is 0 Å². The minimum atomic E-state index is -1.03. The maximum atomic E-state index is 13.8. The van der Waals surface area contributed by atoms with E-state index in [1.165, 1.54) is 6.92 Å². The van der Waals surface area contributed by atoms with Crippen molar-refractivity contribution in [3.8, 4) is 0 Å². The molecular weight excluding hydrogens is 368 g/mol. The summed E-state index contributed by atoms with van der Waals surface area (Å²) in [6.07, 6.45) is 0. The molecule has 6 nitrogen and oxygen atoms in total. The van der Waals surface area contributed by atoms with Crippen LogP contribution in [0.4, 0.5) is 20.2 Å². The fourth-order valence-electron chi connectivity index (χ4n) is 2.56. The van der Waals surface area contributed by atoms with Crippen LogP contribution in [0.3, 0.4) is 0 Å². The molecule has 0 heterocycles. The summed E-state index contributed by atoms with van der Waals surface area (Å²) in [6, 6.07) is 8.50. The average molecular weight is 389 g/mol. The van der Waals surface area contributed by atoms with E-state index < -0.39 is 35.1 Å². The van der Waals surface area contributed by atoms with E-state index in [1.807, 2.05) is 0 Å². The Hall–Kier alpha value is -3.29. The summed E-state index contributed by atoms with van der Waals surface area (Å²) in [5, 5.41) is 7.60. The predicted molar refractivity (Wildman–Crippen MR) is 102 cm³/mol. The van der Waals surface area contributed by atoms with Gasteiger partial charge in [-0.1, -0.05) is 26.0 Å². The van der Waals surface area contributed by atoms with Crippen LogP contribution in [0.5, 0.6) is 0 Å². The molecule has 0 bridgehead atoms. The van der Waals surface area contributed by atoms with Crippen LogP contribution in [0.1, 0.15) is 31.1 Å². The van der Waals surface area contributed by atoms with E-state index in [9.17, 15) is 23.2 Å². The van der Waals surface area contributed by atoms with Crippen LogP contribution >= 0.6 is 0 Å². The molecule has 1 unspecified atom stereocenters. The Morgan fingerprint density at radius 2 is 1.43 bits per heavy atom. The van der Waals surface area contributed by atoms with Gasteiger partial charge in [-0.3, -0.25) is 14.4 Å². The van der Waals surface area contributed by atoms with E-state index in [4.69, 9.17) is 0 Å². The van der Waals surface area contributed by atoms with Gasteiger partial charge in [-0.15, -0.1) is 0 Å². The van der Waals surface area contributed by atoms with Gasteiger partial charge >= 0.3 is 0 Å². The van der Waals surface area contributed by atoms with Gasteiger partial charge in [0.15, 0.2) is 0 Å². The Bertz CT molecular complexity index is 880. The van der Waals surface area contributed by atoms with Gasteiger partial charge in [-0.25, -0.2) is 8.78 Å². The maximum Gasteiger partial charge on any atom is 0.257 e. The van der Waals surface area contributed by atoms with Crippen LogP contribution in [0, 0.1) is 17.6 Å². The molecule has 2 rings (SSSR count). The van der Waals surface area contributed by atoms with Crippen molar-refractivity contribution in [3.05, 3.63) is 59.7 Å². The zero-order valence-electron chi connectivity index (χ0n) is 15.7. The first-order valence-electron chi connectivity index (χ1n) is 8.62. The first-order valence-corrected chi connectivity index (χ1v) is 8.62. The molecule has 0 radical (unpaired) electrons. The second-order valence-electron chi connectivity index (χ2n) is 6.54. The molecule has 3 N–H and O–H groups in total. The Kier molecular flexibility index (Phi) is 6.81. The van der Waals surface area contributed by atoms with Gasteiger partial charge in [-0.2, -0.15) is 0 Å². The molecule has 28 heavy (non-hydrogen) atoms. The fourth-order valence-corrected chi connectivity index (χ4v) is 2.56. The summed E-state index contributed by atoms with van der Waals surface area (Å²) < 4.78 is 27.6. The fraction of sp³-hybridized carbons (Fsp3) is 0.250. The molecule has 0 aliphatic heterocycles. The first-order chi connectivity index (χ1) is 13.2. The summed E-state index contributed by atoms with van der Waals surface area (Å²) in [7, 11) is 0. The van der Waals surface area contributed by atoms with Crippen LogP contribution in [-0.2, 0) is 9.59 Å². The minimum absolute atomic E-state index is 0.261. The van der Waals surface area contributed by atoms with Gasteiger partial charge < -0.3 is 16.0 Å². The largest absolute Gasteiger partial charge is 0.340 e. The third kappa shape index (κ3) is 5.35. The van der Waals surface area contributed by atoms with E-state index >= 15 is 0 Å². The molecule has 0 saturated heterocycles. The standard InChI is InChI=1S/C20H21F2N3O3/c1-11(2)18(25-19(27)17-15(21)8-5-9-16(17)22)20(28)24-14-7-4-6-13(10-14)23-12(3)26/h4-11,18H,1-3H3,(H,23,26)(H,24,28)(H,25,27). The number of halogens is 2. The molecule has 0 saturated carbocycles. The van der Waals surface area contributed by atoms with Crippen molar-refractivity contribution in [1.82, 2.24) is 5.32 Å². The van der Waals surface area contributed by atoms with Crippen molar-refractivity contribution < 1.29 is 23.2 Å². The Labute approximate surface area is 161 Å². The van der Waals surface area contributed by atoms with Gasteiger partial charge in [0.05, 0.1) is 0 Å². The van der Waals surface area contributed by atoms with Crippen molar-refractivity contribution >= 4 is 29.1 Å². The van der Waals surface area contributed by atoms with E-state index in [-0.39, 0.29) is 11.8 Å². The lowest BCUT2D eigenvalue weighted by Crippen LogP contribution is -2.47. The third-order valence-electron chi connectivity index (χ3n) is 3.88. The molecule has 0 spiro atoms. The molecular formula is C20H21F2N3O3. The lowest BCUT2D eigenvalue weighted by Gasteiger charge is -2.22. The quantitative estimate of drug-likeness (QED) is 0.708. The number of anilines is 2. The molecule has 0 aromatic heterocycles. The van der Waals surface area contributed by atoms with Gasteiger partial charge in [0.1, 0.15) is 23.2 Å². The lowest BCUT2D eigenvalue weighted by molar-refractivity contribution is -0.119. The number of rotatable bonds is 6. The van der Waals surface area contributed by atoms with Crippen molar-refractivity contribution in [3.63, 3.8) is 0 Å². The number of hydrogen-bond donors (Lipinski definition) is 3.